The number of carbonyl (C=O) groups is 1. The molecule has 0 aliphatic rings. The van der Waals surface area contributed by atoms with E-state index < -0.39 is 0 Å². The topological polar surface area (TPSA) is 77.2 Å². The van der Waals surface area contributed by atoms with E-state index in [1.165, 1.54) is 7.11 Å². The minimum atomic E-state index is -0.312. The number of methoxy groups -OCH3 is 1. The summed E-state index contributed by atoms with van der Waals surface area (Å²) in [7, 11) is 1.53. The van der Waals surface area contributed by atoms with Gasteiger partial charge in [-0.05, 0) is 32.9 Å². The summed E-state index contributed by atoms with van der Waals surface area (Å²) in [5, 5.41) is 6.46. The fourth-order valence-electron chi connectivity index (χ4n) is 1.78. The molecule has 6 nitrogen and oxygen atoms in total. The van der Waals surface area contributed by atoms with E-state index in [4.69, 9.17) is 9.26 Å². The molecule has 6 heteroatoms. The first-order valence-corrected chi connectivity index (χ1v) is 5.78. The number of anilines is 1. The molecule has 2 rings (SSSR count). The third-order valence-electron chi connectivity index (χ3n) is 2.71. The van der Waals surface area contributed by atoms with Crippen LogP contribution >= 0.6 is 0 Å². The highest BCUT2D eigenvalue weighted by Crippen LogP contribution is 2.23. The predicted molar refractivity (Wildman–Crippen MR) is 69.5 cm³/mol. The average Bonchev–Trinajstić information content (AvgIpc) is 2.69. The molecule has 2 aromatic rings. The van der Waals surface area contributed by atoms with Crippen LogP contribution in [0.3, 0.4) is 0 Å². The molecule has 0 unspecified atom stereocenters. The Balaban J connectivity index is 2.31. The standard InChI is InChI=1S/C13H15N3O3/c1-7-5-6-10(18-4)12(14-7)15-13(17)11-8(2)16-19-9(11)3/h5-6H,1-4H3,(H,14,15,17). The minimum absolute atomic E-state index is 0.312. The zero-order valence-corrected chi connectivity index (χ0v) is 11.3. The number of hydrogen-bond acceptors (Lipinski definition) is 5. The van der Waals surface area contributed by atoms with Crippen molar-refractivity contribution in [2.75, 3.05) is 12.4 Å². The lowest BCUT2D eigenvalue weighted by molar-refractivity contribution is 0.102. The summed E-state index contributed by atoms with van der Waals surface area (Å²) in [4.78, 5) is 16.4. The lowest BCUT2D eigenvalue weighted by Crippen LogP contribution is -2.15. The summed E-state index contributed by atoms with van der Waals surface area (Å²) in [6.07, 6.45) is 0. The van der Waals surface area contributed by atoms with Crippen molar-refractivity contribution >= 4 is 11.7 Å². The van der Waals surface area contributed by atoms with E-state index in [9.17, 15) is 4.79 Å². The molecule has 1 amide bonds. The van der Waals surface area contributed by atoms with Gasteiger partial charge in [0.05, 0.1) is 12.8 Å². The lowest BCUT2D eigenvalue weighted by Gasteiger charge is -2.09. The number of ether oxygens (including phenoxy) is 1. The zero-order chi connectivity index (χ0) is 14.0. The average molecular weight is 261 g/mol. The maximum absolute atomic E-state index is 12.2. The second kappa shape index (κ2) is 5.09. The van der Waals surface area contributed by atoms with Crippen LogP contribution in [0, 0.1) is 20.8 Å². The quantitative estimate of drug-likeness (QED) is 0.916. The van der Waals surface area contributed by atoms with Gasteiger partial charge < -0.3 is 14.6 Å². The van der Waals surface area contributed by atoms with Crippen molar-refractivity contribution in [3.05, 3.63) is 34.8 Å². The van der Waals surface area contributed by atoms with Gasteiger partial charge in [0.15, 0.2) is 11.6 Å². The van der Waals surface area contributed by atoms with Crippen molar-refractivity contribution in [3.63, 3.8) is 0 Å². The molecule has 0 saturated heterocycles. The summed E-state index contributed by atoms with van der Waals surface area (Å²) in [6.45, 7) is 5.24. The molecule has 0 aromatic carbocycles. The summed E-state index contributed by atoms with van der Waals surface area (Å²) >= 11 is 0. The molecule has 1 N–H and O–H groups in total. The SMILES string of the molecule is COc1ccc(C)nc1NC(=O)c1c(C)noc1C. The number of hydrogen-bond donors (Lipinski definition) is 1. The maximum atomic E-state index is 12.2. The molecule has 0 aliphatic carbocycles. The van der Waals surface area contributed by atoms with Crippen molar-refractivity contribution in [2.45, 2.75) is 20.8 Å². The van der Waals surface area contributed by atoms with Crippen LogP contribution in [-0.2, 0) is 0 Å². The highest BCUT2D eigenvalue weighted by molar-refractivity contribution is 6.05. The molecule has 0 atom stereocenters. The van der Waals surface area contributed by atoms with E-state index in [0.717, 1.165) is 5.69 Å². The van der Waals surface area contributed by atoms with Crippen LogP contribution in [0.25, 0.3) is 0 Å². The molecular weight excluding hydrogens is 246 g/mol. The van der Waals surface area contributed by atoms with E-state index in [2.05, 4.69) is 15.5 Å². The smallest absolute Gasteiger partial charge is 0.262 e. The second-order valence-electron chi connectivity index (χ2n) is 4.16. The van der Waals surface area contributed by atoms with Gasteiger partial charge in [0, 0.05) is 5.69 Å². The normalized spacial score (nSPS) is 10.3. The third kappa shape index (κ3) is 2.57. The molecule has 0 spiro atoms. The Labute approximate surface area is 110 Å². The number of aryl methyl sites for hydroxylation is 3. The van der Waals surface area contributed by atoms with Gasteiger partial charge in [-0.1, -0.05) is 5.16 Å². The zero-order valence-electron chi connectivity index (χ0n) is 11.3. The van der Waals surface area contributed by atoms with Gasteiger partial charge in [-0.2, -0.15) is 0 Å². The van der Waals surface area contributed by atoms with E-state index in [0.29, 0.717) is 28.6 Å². The van der Waals surface area contributed by atoms with Gasteiger partial charge in [-0.3, -0.25) is 4.79 Å². The van der Waals surface area contributed by atoms with Gasteiger partial charge in [0.1, 0.15) is 11.3 Å². The largest absolute Gasteiger partial charge is 0.493 e. The van der Waals surface area contributed by atoms with Crippen molar-refractivity contribution in [3.8, 4) is 5.75 Å². The van der Waals surface area contributed by atoms with Crippen LogP contribution in [0.15, 0.2) is 16.7 Å². The highest BCUT2D eigenvalue weighted by Gasteiger charge is 2.19. The number of carbonyl (C=O) groups excluding carboxylic acids is 1. The number of aromatic nitrogens is 2. The Morgan fingerprint density at radius 2 is 2.05 bits per heavy atom. The van der Waals surface area contributed by atoms with E-state index in [-0.39, 0.29) is 5.91 Å². The Kier molecular flexibility index (Phi) is 3.50. The van der Waals surface area contributed by atoms with Crippen molar-refractivity contribution in [1.82, 2.24) is 10.1 Å². The van der Waals surface area contributed by atoms with E-state index in [1.54, 1.807) is 19.9 Å². The first-order valence-electron chi connectivity index (χ1n) is 5.78. The summed E-state index contributed by atoms with van der Waals surface area (Å²) < 4.78 is 10.1. The molecule has 2 aromatic heterocycles. The summed E-state index contributed by atoms with van der Waals surface area (Å²) in [5.41, 5.74) is 1.75. The number of nitrogens with zero attached hydrogens (tertiary/aromatic N) is 2. The van der Waals surface area contributed by atoms with Gasteiger partial charge in [-0.25, -0.2) is 4.98 Å². The molecule has 19 heavy (non-hydrogen) atoms. The molecule has 0 fully saturated rings. The summed E-state index contributed by atoms with van der Waals surface area (Å²) in [6, 6.07) is 3.57. The fourth-order valence-corrected chi connectivity index (χ4v) is 1.78. The molecule has 100 valence electrons. The van der Waals surface area contributed by atoms with Crippen LogP contribution in [0.1, 0.15) is 27.5 Å². The highest BCUT2D eigenvalue weighted by atomic mass is 16.5. The Morgan fingerprint density at radius 1 is 1.32 bits per heavy atom. The Morgan fingerprint density at radius 3 is 2.63 bits per heavy atom. The van der Waals surface area contributed by atoms with Crippen molar-refractivity contribution < 1.29 is 14.1 Å². The van der Waals surface area contributed by atoms with Gasteiger partial charge in [0.25, 0.3) is 5.91 Å². The van der Waals surface area contributed by atoms with Gasteiger partial charge in [0.2, 0.25) is 0 Å². The first kappa shape index (κ1) is 13.1. The summed E-state index contributed by atoms with van der Waals surface area (Å²) in [5.74, 6) is 1.05. The lowest BCUT2D eigenvalue weighted by atomic mass is 10.2. The number of rotatable bonds is 3. The molecule has 0 bridgehead atoms. The van der Waals surface area contributed by atoms with Gasteiger partial charge in [-0.15, -0.1) is 0 Å². The van der Waals surface area contributed by atoms with Crippen LogP contribution in [0.5, 0.6) is 5.75 Å². The van der Waals surface area contributed by atoms with Crippen molar-refractivity contribution in [2.24, 2.45) is 0 Å². The number of nitrogens with one attached hydrogen (secondary N) is 1. The monoisotopic (exact) mass is 261 g/mol. The molecule has 0 saturated carbocycles. The predicted octanol–water partition coefficient (Wildman–Crippen LogP) is 2.26. The van der Waals surface area contributed by atoms with E-state index in [1.807, 2.05) is 13.0 Å². The Bertz CT molecular complexity index is 600. The van der Waals surface area contributed by atoms with Crippen LogP contribution in [-0.4, -0.2) is 23.2 Å². The minimum Gasteiger partial charge on any atom is -0.493 e. The molecular formula is C13H15N3O3. The second-order valence-corrected chi connectivity index (χ2v) is 4.16. The fraction of sp³-hybridized carbons (Fsp3) is 0.308. The van der Waals surface area contributed by atoms with Crippen molar-refractivity contribution in [1.29, 1.82) is 0 Å². The van der Waals surface area contributed by atoms with Crippen LogP contribution in [0.2, 0.25) is 0 Å². The number of pyridine rings is 1. The first-order chi connectivity index (χ1) is 9.02. The van der Waals surface area contributed by atoms with Crippen LogP contribution in [0.4, 0.5) is 5.82 Å². The van der Waals surface area contributed by atoms with E-state index >= 15 is 0 Å². The third-order valence-corrected chi connectivity index (χ3v) is 2.71. The van der Waals surface area contributed by atoms with Crippen LogP contribution < -0.4 is 10.1 Å². The molecule has 0 aliphatic heterocycles. The molecule has 2 heterocycles. The van der Waals surface area contributed by atoms with Gasteiger partial charge >= 0.3 is 0 Å². The maximum Gasteiger partial charge on any atom is 0.262 e. The Hall–Kier alpha value is -2.37. The number of amides is 1. The molecule has 0 radical (unpaired) electrons.